The Labute approximate surface area is 152 Å². The lowest BCUT2D eigenvalue weighted by Crippen LogP contribution is -2.13. The molecule has 1 heterocycles. The molecule has 0 bridgehead atoms. The number of aromatic nitrogens is 1. The number of hydrogen-bond acceptors (Lipinski definition) is 3. The van der Waals surface area contributed by atoms with Crippen LogP contribution in [0.4, 0.5) is 21.6 Å². The van der Waals surface area contributed by atoms with E-state index in [9.17, 15) is 9.18 Å². The minimum absolute atomic E-state index is 0.250. The van der Waals surface area contributed by atoms with Crippen LogP contribution in [0.3, 0.4) is 0 Å². The van der Waals surface area contributed by atoms with E-state index >= 15 is 0 Å². The maximum atomic E-state index is 13.2. The minimum Gasteiger partial charge on any atom is -0.354 e. The molecule has 5 heteroatoms. The van der Waals surface area contributed by atoms with Gasteiger partial charge in [0, 0.05) is 11.3 Å². The quantitative estimate of drug-likeness (QED) is 0.654. The Bertz CT molecular complexity index is 907. The van der Waals surface area contributed by atoms with Crippen molar-refractivity contribution >= 4 is 23.1 Å². The lowest BCUT2D eigenvalue weighted by Gasteiger charge is -2.14. The number of nitrogens with zero attached hydrogens (tertiary/aromatic N) is 1. The van der Waals surface area contributed by atoms with Crippen molar-refractivity contribution < 1.29 is 9.18 Å². The Balaban J connectivity index is 1.70. The summed E-state index contributed by atoms with van der Waals surface area (Å²) in [6.45, 7) is 4.29. The highest BCUT2D eigenvalue weighted by molar-refractivity contribution is 6.03. The van der Waals surface area contributed by atoms with Gasteiger partial charge in [0.05, 0.1) is 11.9 Å². The summed E-state index contributed by atoms with van der Waals surface area (Å²) in [4.78, 5) is 16.4. The van der Waals surface area contributed by atoms with Gasteiger partial charge >= 0.3 is 0 Å². The molecule has 0 aliphatic heterocycles. The van der Waals surface area contributed by atoms with Crippen molar-refractivity contribution in [2.24, 2.45) is 0 Å². The predicted molar refractivity (Wildman–Crippen MR) is 102 cm³/mol. The number of carbonyl (C=O) groups excluding carboxylic acids is 1. The predicted octanol–water partition coefficient (Wildman–Crippen LogP) is 5.34. The van der Waals surface area contributed by atoms with Gasteiger partial charge in [0.25, 0.3) is 5.91 Å². The van der Waals surface area contributed by atoms with E-state index in [-0.39, 0.29) is 5.56 Å². The molecule has 0 aliphatic carbocycles. The molecule has 0 fully saturated rings. The van der Waals surface area contributed by atoms with Crippen molar-refractivity contribution in [2.75, 3.05) is 10.6 Å². The van der Waals surface area contributed by atoms with E-state index < -0.39 is 11.7 Å². The largest absolute Gasteiger partial charge is 0.354 e. The van der Waals surface area contributed by atoms with E-state index in [4.69, 9.17) is 0 Å². The number of hydrogen-bond donors (Lipinski definition) is 2. The topological polar surface area (TPSA) is 54.0 Å². The van der Waals surface area contributed by atoms with Gasteiger partial charge in [-0.1, -0.05) is 38.1 Å². The smallest absolute Gasteiger partial charge is 0.256 e. The first-order valence-corrected chi connectivity index (χ1v) is 8.42. The number of nitrogens with one attached hydrogen (secondary N) is 2. The molecule has 132 valence electrons. The van der Waals surface area contributed by atoms with Gasteiger partial charge in [-0.3, -0.25) is 4.79 Å². The SMILES string of the molecule is CC(C)c1ccccc1Nc1ccc(NC(=O)c2cccc(F)c2)nc1. The van der Waals surface area contributed by atoms with Crippen molar-refractivity contribution in [1.29, 1.82) is 0 Å². The van der Waals surface area contributed by atoms with Crippen LogP contribution in [-0.4, -0.2) is 10.9 Å². The standard InChI is InChI=1S/C21H20FN3O/c1-14(2)18-8-3-4-9-19(18)24-17-10-11-20(23-13-17)25-21(26)15-6-5-7-16(22)12-15/h3-14,24H,1-2H3,(H,23,25,26). The zero-order chi connectivity index (χ0) is 18.5. The van der Waals surface area contributed by atoms with E-state index in [1.165, 1.54) is 23.8 Å². The number of para-hydroxylation sites is 1. The second kappa shape index (κ2) is 7.78. The molecule has 0 aliphatic rings. The van der Waals surface area contributed by atoms with Crippen LogP contribution in [0.25, 0.3) is 0 Å². The summed E-state index contributed by atoms with van der Waals surface area (Å²) in [6.07, 6.45) is 1.65. The summed E-state index contributed by atoms with van der Waals surface area (Å²) in [7, 11) is 0. The summed E-state index contributed by atoms with van der Waals surface area (Å²) in [5, 5.41) is 6.01. The molecular formula is C21H20FN3O. The van der Waals surface area contributed by atoms with Crippen LogP contribution in [0.15, 0.2) is 66.9 Å². The van der Waals surface area contributed by atoms with Crippen LogP contribution in [0.1, 0.15) is 35.7 Å². The van der Waals surface area contributed by atoms with Crippen LogP contribution in [0.2, 0.25) is 0 Å². The molecule has 26 heavy (non-hydrogen) atoms. The molecular weight excluding hydrogens is 329 g/mol. The van der Waals surface area contributed by atoms with Gasteiger partial charge in [0.2, 0.25) is 0 Å². The van der Waals surface area contributed by atoms with E-state index in [1.54, 1.807) is 18.3 Å². The average Bonchev–Trinajstić information content (AvgIpc) is 2.63. The maximum absolute atomic E-state index is 13.2. The van der Waals surface area contributed by atoms with Crippen LogP contribution in [-0.2, 0) is 0 Å². The Hall–Kier alpha value is -3.21. The second-order valence-electron chi connectivity index (χ2n) is 6.26. The number of halogens is 1. The summed E-state index contributed by atoms with van der Waals surface area (Å²) in [5.41, 5.74) is 3.32. The van der Waals surface area contributed by atoms with Gasteiger partial charge in [-0.05, 0) is 47.9 Å². The lowest BCUT2D eigenvalue weighted by atomic mass is 10.0. The first-order valence-electron chi connectivity index (χ1n) is 8.42. The Kier molecular flexibility index (Phi) is 5.27. The monoisotopic (exact) mass is 349 g/mol. The third-order valence-electron chi connectivity index (χ3n) is 3.95. The van der Waals surface area contributed by atoms with Crippen LogP contribution in [0, 0.1) is 5.82 Å². The second-order valence-corrected chi connectivity index (χ2v) is 6.26. The van der Waals surface area contributed by atoms with Crippen molar-refractivity contribution in [3.8, 4) is 0 Å². The van der Waals surface area contributed by atoms with Crippen LogP contribution in [0.5, 0.6) is 0 Å². The molecule has 3 rings (SSSR count). The first-order chi connectivity index (χ1) is 12.5. The maximum Gasteiger partial charge on any atom is 0.256 e. The molecule has 0 unspecified atom stereocenters. The highest BCUT2D eigenvalue weighted by atomic mass is 19.1. The molecule has 2 N–H and O–H groups in total. The Morgan fingerprint density at radius 2 is 1.85 bits per heavy atom. The Morgan fingerprint density at radius 3 is 2.54 bits per heavy atom. The van der Waals surface area contributed by atoms with Gasteiger partial charge in [0.15, 0.2) is 0 Å². The molecule has 1 aromatic heterocycles. The van der Waals surface area contributed by atoms with Gasteiger partial charge in [-0.25, -0.2) is 9.37 Å². The minimum atomic E-state index is -0.450. The third-order valence-corrected chi connectivity index (χ3v) is 3.95. The van der Waals surface area contributed by atoms with Crippen molar-refractivity contribution in [3.05, 3.63) is 83.8 Å². The molecule has 0 radical (unpaired) electrons. The van der Waals surface area contributed by atoms with Gasteiger partial charge in [-0.2, -0.15) is 0 Å². The van der Waals surface area contributed by atoms with E-state index in [0.29, 0.717) is 11.7 Å². The molecule has 0 atom stereocenters. The van der Waals surface area contributed by atoms with Crippen molar-refractivity contribution in [3.63, 3.8) is 0 Å². The summed E-state index contributed by atoms with van der Waals surface area (Å²) in [5.74, 6) is -0.0460. The lowest BCUT2D eigenvalue weighted by molar-refractivity contribution is 0.102. The Morgan fingerprint density at radius 1 is 1.04 bits per heavy atom. The highest BCUT2D eigenvalue weighted by Gasteiger charge is 2.09. The number of rotatable bonds is 5. The fourth-order valence-electron chi connectivity index (χ4n) is 2.63. The fraction of sp³-hybridized carbons (Fsp3) is 0.143. The molecule has 3 aromatic rings. The van der Waals surface area contributed by atoms with E-state index in [0.717, 1.165) is 11.4 Å². The first kappa shape index (κ1) is 17.6. The number of benzene rings is 2. The van der Waals surface area contributed by atoms with Gasteiger partial charge in [-0.15, -0.1) is 0 Å². The molecule has 4 nitrogen and oxygen atoms in total. The molecule has 2 aromatic carbocycles. The summed E-state index contributed by atoms with van der Waals surface area (Å²) < 4.78 is 13.2. The number of anilines is 3. The van der Waals surface area contributed by atoms with E-state index in [2.05, 4.69) is 35.5 Å². The number of pyridine rings is 1. The number of carbonyl (C=O) groups is 1. The molecule has 0 spiro atoms. The molecule has 0 saturated carbocycles. The number of amides is 1. The van der Waals surface area contributed by atoms with Crippen molar-refractivity contribution in [2.45, 2.75) is 19.8 Å². The van der Waals surface area contributed by atoms with E-state index in [1.807, 2.05) is 24.3 Å². The average molecular weight is 349 g/mol. The summed E-state index contributed by atoms with van der Waals surface area (Å²) in [6, 6.07) is 17.2. The zero-order valence-corrected chi connectivity index (χ0v) is 14.7. The normalized spacial score (nSPS) is 10.6. The molecule has 1 amide bonds. The summed E-state index contributed by atoms with van der Waals surface area (Å²) >= 11 is 0. The van der Waals surface area contributed by atoms with Crippen LogP contribution < -0.4 is 10.6 Å². The third kappa shape index (κ3) is 4.25. The molecule has 0 saturated heterocycles. The van der Waals surface area contributed by atoms with Crippen LogP contribution >= 0.6 is 0 Å². The van der Waals surface area contributed by atoms with Gasteiger partial charge < -0.3 is 10.6 Å². The van der Waals surface area contributed by atoms with Gasteiger partial charge in [0.1, 0.15) is 11.6 Å². The van der Waals surface area contributed by atoms with Crippen molar-refractivity contribution in [1.82, 2.24) is 4.98 Å². The zero-order valence-electron chi connectivity index (χ0n) is 14.7. The fourth-order valence-corrected chi connectivity index (χ4v) is 2.63. The highest BCUT2D eigenvalue weighted by Crippen LogP contribution is 2.26.